The maximum Gasteiger partial charge on any atom is 0.302 e. The Bertz CT molecular complexity index is 1320. The summed E-state index contributed by atoms with van der Waals surface area (Å²) in [4.78, 5) is 36.5. The van der Waals surface area contributed by atoms with E-state index in [1.165, 1.54) is 0 Å². The van der Waals surface area contributed by atoms with Gasteiger partial charge >= 0.3 is 6.01 Å². The zero-order valence-corrected chi connectivity index (χ0v) is 20.3. The molecule has 1 fully saturated rings. The summed E-state index contributed by atoms with van der Waals surface area (Å²) in [6.07, 6.45) is 1.34. The van der Waals surface area contributed by atoms with Crippen LogP contribution in [0.25, 0.3) is 11.1 Å². The number of halogens is 1. The number of Topliss-reactive ketones (excluding diaryl/α,β-unsaturated/α-hetero) is 1. The largest absolute Gasteiger partial charge is 0.423 e. The highest BCUT2D eigenvalue weighted by Crippen LogP contribution is 2.36. The molecule has 0 saturated carbocycles. The van der Waals surface area contributed by atoms with Gasteiger partial charge in [0.05, 0.1) is 5.57 Å². The second kappa shape index (κ2) is 9.54. The van der Waals surface area contributed by atoms with Crippen LogP contribution in [0.2, 0.25) is 5.02 Å². The lowest BCUT2D eigenvalue weighted by Crippen LogP contribution is -2.44. The fourth-order valence-corrected chi connectivity index (χ4v) is 4.86. The highest BCUT2D eigenvalue weighted by Gasteiger charge is 2.35. The van der Waals surface area contributed by atoms with E-state index < -0.39 is 6.04 Å². The van der Waals surface area contributed by atoms with Gasteiger partial charge in [-0.15, -0.1) is 0 Å². The number of allylic oxidation sites excluding steroid dienone is 1. The fraction of sp³-hybridized carbons (Fsp3) is 0.308. The Morgan fingerprint density at radius 3 is 2.54 bits per heavy atom. The Hall–Kier alpha value is -3.65. The van der Waals surface area contributed by atoms with E-state index in [9.17, 15) is 9.59 Å². The zero-order chi connectivity index (χ0) is 24.5. The summed E-state index contributed by atoms with van der Waals surface area (Å²) in [6.45, 7) is 4.54. The Morgan fingerprint density at radius 1 is 1.11 bits per heavy atom. The number of nitrogens with one attached hydrogen (secondary N) is 2. The number of carbonyl (C=O) groups excluding carboxylic acids is 2. The molecule has 0 spiro atoms. The van der Waals surface area contributed by atoms with Crippen LogP contribution >= 0.6 is 11.6 Å². The van der Waals surface area contributed by atoms with Crippen LogP contribution in [-0.2, 0) is 9.59 Å². The highest BCUT2D eigenvalue weighted by molar-refractivity contribution is 6.31. The molecule has 1 unspecified atom stereocenters. The number of ketones is 1. The van der Waals surface area contributed by atoms with Crippen molar-refractivity contribution in [3.05, 3.63) is 70.4 Å². The highest BCUT2D eigenvalue weighted by atomic mass is 35.5. The number of oxazole rings is 1. The van der Waals surface area contributed by atoms with Gasteiger partial charge in [-0.05, 0) is 44.9 Å². The zero-order valence-electron chi connectivity index (χ0n) is 19.5. The smallest absolute Gasteiger partial charge is 0.302 e. The van der Waals surface area contributed by atoms with Crippen LogP contribution in [0.15, 0.2) is 69.2 Å². The minimum absolute atomic E-state index is 0.0168. The molecule has 35 heavy (non-hydrogen) atoms. The van der Waals surface area contributed by atoms with Crippen molar-refractivity contribution in [2.24, 2.45) is 10.9 Å². The molecule has 180 valence electrons. The number of rotatable bonds is 4. The third-order valence-electron chi connectivity index (χ3n) is 6.55. The molecule has 8 nitrogen and oxygen atoms in total. The molecule has 1 atom stereocenters. The average molecular weight is 492 g/mol. The number of hydrogen-bond acceptors (Lipinski definition) is 7. The van der Waals surface area contributed by atoms with Gasteiger partial charge in [0.25, 0.3) is 5.91 Å². The summed E-state index contributed by atoms with van der Waals surface area (Å²) in [5, 5.41) is 6.82. The number of para-hydroxylation sites is 2. The van der Waals surface area contributed by atoms with E-state index in [1.807, 2.05) is 49.4 Å². The van der Waals surface area contributed by atoms with Gasteiger partial charge in [-0.25, -0.2) is 4.99 Å². The Kier molecular flexibility index (Phi) is 6.30. The summed E-state index contributed by atoms with van der Waals surface area (Å²) >= 11 is 6.55. The second-order valence-corrected chi connectivity index (χ2v) is 9.26. The summed E-state index contributed by atoms with van der Waals surface area (Å²) < 4.78 is 5.78. The number of amides is 1. The number of likely N-dealkylation sites (tertiary alicyclic amines) is 1. The van der Waals surface area contributed by atoms with E-state index in [0.29, 0.717) is 59.8 Å². The Balaban J connectivity index is 1.45. The first-order chi connectivity index (χ1) is 16.9. The number of nitrogens with zero attached hydrogens (tertiary/aromatic N) is 3. The predicted molar refractivity (Wildman–Crippen MR) is 135 cm³/mol. The summed E-state index contributed by atoms with van der Waals surface area (Å²) in [6, 6.07) is 14.5. The quantitative estimate of drug-likeness (QED) is 0.549. The van der Waals surface area contributed by atoms with E-state index in [1.54, 1.807) is 17.9 Å². The van der Waals surface area contributed by atoms with Crippen molar-refractivity contribution in [1.82, 2.24) is 15.2 Å². The first-order valence-corrected chi connectivity index (χ1v) is 12.0. The second-order valence-electron chi connectivity index (χ2n) is 8.85. The molecule has 0 bridgehead atoms. The van der Waals surface area contributed by atoms with Crippen molar-refractivity contribution in [3.63, 3.8) is 0 Å². The molecule has 2 aromatic carbocycles. The molecule has 9 heteroatoms. The topological polar surface area (TPSA) is 99.8 Å². The number of hydrogen-bond donors (Lipinski definition) is 2. The van der Waals surface area contributed by atoms with Crippen LogP contribution in [0.4, 0.5) is 6.01 Å². The van der Waals surface area contributed by atoms with Gasteiger partial charge in [0.2, 0.25) is 5.96 Å². The Labute approximate surface area is 208 Å². The van der Waals surface area contributed by atoms with Gasteiger partial charge in [-0.3, -0.25) is 14.9 Å². The number of fused-ring (bicyclic) bond motifs is 1. The number of anilines is 1. The maximum atomic E-state index is 13.7. The van der Waals surface area contributed by atoms with Crippen LogP contribution in [0.3, 0.4) is 0 Å². The third kappa shape index (κ3) is 4.66. The normalized spacial score (nSPS) is 18.9. The molecule has 1 aromatic heterocycles. The van der Waals surface area contributed by atoms with Crippen molar-refractivity contribution in [2.45, 2.75) is 32.7 Å². The van der Waals surface area contributed by atoms with E-state index in [0.717, 1.165) is 11.1 Å². The molecule has 2 N–H and O–H groups in total. The van der Waals surface area contributed by atoms with E-state index in [2.05, 4.69) is 15.6 Å². The van der Waals surface area contributed by atoms with Crippen molar-refractivity contribution >= 4 is 46.4 Å². The lowest BCUT2D eigenvalue weighted by molar-refractivity contribution is -0.131. The molecule has 2 aliphatic heterocycles. The SMILES string of the molecule is CC(=O)C1CCN(C(=O)C2=C(C)NC(Nc3nc4ccccc4o3)=NC2c2ccccc2Cl)CC1. The molecular formula is C26H26ClN5O3. The van der Waals surface area contributed by atoms with Gasteiger partial charge in [0.15, 0.2) is 5.58 Å². The molecule has 5 rings (SSSR count). The lowest BCUT2D eigenvalue weighted by Gasteiger charge is -2.34. The first kappa shape index (κ1) is 23.1. The standard InChI is InChI=1S/C26H26ClN5O3/c1-15-22(24(34)32-13-11-17(12-14-32)16(2)33)23(18-7-3-4-8-19(18)27)30-25(28-15)31-26-29-20-9-5-6-10-21(20)35-26/h3-10,17,23H,11-14H2,1-2H3,(H2,28,29,30,31). The van der Waals surface area contributed by atoms with Gasteiger partial charge in [0, 0.05) is 35.3 Å². The van der Waals surface area contributed by atoms with Crippen LogP contribution < -0.4 is 10.6 Å². The molecular weight excluding hydrogens is 466 g/mol. The monoisotopic (exact) mass is 491 g/mol. The predicted octanol–water partition coefficient (Wildman–Crippen LogP) is 4.70. The van der Waals surface area contributed by atoms with Crippen molar-refractivity contribution in [3.8, 4) is 0 Å². The number of benzene rings is 2. The van der Waals surface area contributed by atoms with Crippen molar-refractivity contribution in [1.29, 1.82) is 0 Å². The number of aromatic nitrogens is 1. The van der Waals surface area contributed by atoms with Crippen LogP contribution in [0.1, 0.15) is 38.3 Å². The number of carbonyl (C=O) groups is 2. The summed E-state index contributed by atoms with van der Waals surface area (Å²) in [5.74, 6) is 0.501. The van der Waals surface area contributed by atoms with Gasteiger partial charge in [0.1, 0.15) is 17.3 Å². The minimum Gasteiger partial charge on any atom is -0.423 e. The molecule has 0 aliphatic carbocycles. The molecule has 1 amide bonds. The first-order valence-electron chi connectivity index (χ1n) is 11.6. The van der Waals surface area contributed by atoms with Crippen LogP contribution in [0.5, 0.6) is 0 Å². The van der Waals surface area contributed by atoms with Crippen molar-refractivity contribution < 1.29 is 14.0 Å². The van der Waals surface area contributed by atoms with E-state index >= 15 is 0 Å². The molecule has 2 aliphatic rings. The lowest BCUT2D eigenvalue weighted by atomic mass is 9.91. The van der Waals surface area contributed by atoms with Crippen molar-refractivity contribution in [2.75, 3.05) is 18.4 Å². The molecule has 3 heterocycles. The average Bonchev–Trinajstić information content (AvgIpc) is 3.26. The van der Waals surface area contributed by atoms with E-state index in [-0.39, 0.29) is 17.6 Å². The van der Waals surface area contributed by atoms with E-state index in [4.69, 9.17) is 21.0 Å². The molecule has 1 saturated heterocycles. The van der Waals surface area contributed by atoms with Gasteiger partial charge in [-0.2, -0.15) is 4.98 Å². The fourth-order valence-electron chi connectivity index (χ4n) is 4.63. The minimum atomic E-state index is -0.616. The third-order valence-corrected chi connectivity index (χ3v) is 6.89. The van der Waals surface area contributed by atoms with Gasteiger partial charge < -0.3 is 14.6 Å². The number of aliphatic imine (C=N–C) groups is 1. The van der Waals surface area contributed by atoms with Crippen LogP contribution in [0, 0.1) is 5.92 Å². The molecule has 3 aromatic rings. The van der Waals surface area contributed by atoms with Crippen LogP contribution in [-0.4, -0.2) is 40.6 Å². The van der Waals surface area contributed by atoms with Gasteiger partial charge in [-0.1, -0.05) is 41.9 Å². The Morgan fingerprint density at radius 2 is 1.83 bits per heavy atom. The molecule has 0 radical (unpaired) electrons. The maximum absolute atomic E-state index is 13.7. The number of guanidine groups is 1. The number of piperidine rings is 1. The summed E-state index contributed by atoms with van der Waals surface area (Å²) in [5.41, 5.74) is 3.32. The summed E-state index contributed by atoms with van der Waals surface area (Å²) in [7, 11) is 0.